The summed E-state index contributed by atoms with van der Waals surface area (Å²) in [6.07, 6.45) is 1.07. The molecule has 12 heavy (non-hydrogen) atoms. The van der Waals surface area contributed by atoms with Crippen molar-refractivity contribution >= 4 is 0 Å². The van der Waals surface area contributed by atoms with E-state index in [-0.39, 0.29) is 0 Å². The number of rotatable bonds is 1. The zero-order valence-electron chi connectivity index (χ0n) is 7.30. The predicted octanol–water partition coefficient (Wildman–Crippen LogP) is 1.56. The molecule has 2 N–H and O–H groups in total. The van der Waals surface area contributed by atoms with Crippen molar-refractivity contribution in [2.24, 2.45) is 5.73 Å². The molecule has 0 radical (unpaired) electrons. The van der Waals surface area contributed by atoms with Gasteiger partial charge < -0.3 is 5.73 Å². The second kappa shape index (κ2) is 4.58. The van der Waals surface area contributed by atoms with Crippen LogP contribution in [-0.4, -0.2) is 6.54 Å². The molecule has 0 heterocycles. The smallest absolute Gasteiger partial charge is 0.0555 e. The molecule has 1 aromatic rings. The molecular weight excluding hydrogens is 146 g/mol. The second-order valence-corrected chi connectivity index (χ2v) is 2.56. The molecule has 1 heteroatoms. The molecule has 0 aliphatic rings. The minimum atomic E-state index is 0.426. The van der Waals surface area contributed by atoms with Crippen LogP contribution in [0.3, 0.4) is 0 Å². The van der Waals surface area contributed by atoms with Gasteiger partial charge in [0.2, 0.25) is 0 Å². The van der Waals surface area contributed by atoms with Crippen molar-refractivity contribution in [1.29, 1.82) is 0 Å². The molecule has 0 unspecified atom stereocenters. The molecule has 0 atom stereocenters. The van der Waals surface area contributed by atoms with Gasteiger partial charge in [0, 0.05) is 5.56 Å². The van der Waals surface area contributed by atoms with Crippen LogP contribution in [0.25, 0.3) is 0 Å². The van der Waals surface area contributed by atoms with E-state index in [2.05, 4.69) is 30.9 Å². The quantitative estimate of drug-likeness (QED) is 0.618. The summed E-state index contributed by atoms with van der Waals surface area (Å²) in [6.45, 7) is 2.57. The number of hydrogen-bond donors (Lipinski definition) is 1. The maximum Gasteiger partial charge on any atom is 0.0555 e. The molecule has 1 rings (SSSR count). The van der Waals surface area contributed by atoms with E-state index < -0.39 is 0 Å². The lowest BCUT2D eigenvalue weighted by Gasteiger charge is -1.94. The summed E-state index contributed by atoms with van der Waals surface area (Å²) in [4.78, 5) is 0. The molecule has 0 fully saturated rings. The van der Waals surface area contributed by atoms with E-state index in [1.807, 2.05) is 12.1 Å². The molecule has 0 aliphatic heterocycles. The number of nitrogens with two attached hydrogens (primary N) is 1. The van der Waals surface area contributed by atoms with E-state index in [1.165, 1.54) is 5.56 Å². The topological polar surface area (TPSA) is 26.0 Å². The minimum absolute atomic E-state index is 0.426. The van der Waals surface area contributed by atoms with Gasteiger partial charge in [0.05, 0.1) is 6.54 Å². The van der Waals surface area contributed by atoms with Crippen molar-refractivity contribution in [3.05, 3.63) is 35.4 Å². The van der Waals surface area contributed by atoms with Crippen molar-refractivity contribution < 1.29 is 0 Å². The fourth-order valence-electron chi connectivity index (χ4n) is 0.977. The Morgan fingerprint density at radius 3 is 2.42 bits per heavy atom. The Morgan fingerprint density at radius 1 is 1.25 bits per heavy atom. The lowest BCUT2D eigenvalue weighted by Crippen LogP contribution is -1.93. The number of benzene rings is 1. The van der Waals surface area contributed by atoms with Gasteiger partial charge in [-0.15, -0.1) is 0 Å². The van der Waals surface area contributed by atoms with Crippen molar-refractivity contribution in [3.63, 3.8) is 0 Å². The van der Waals surface area contributed by atoms with Gasteiger partial charge in [-0.1, -0.05) is 30.9 Å². The summed E-state index contributed by atoms with van der Waals surface area (Å²) < 4.78 is 0. The van der Waals surface area contributed by atoms with Gasteiger partial charge in [0.15, 0.2) is 0 Å². The van der Waals surface area contributed by atoms with Gasteiger partial charge in [-0.05, 0) is 24.1 Å². The summed E-state index contributed by atoms with van der Waals surface area (Å²) >= 11 is 0. The first kappa shape index (κ1) is 8.83. The zero-order valence-corrected chi connectivity index (χ0v) is 7.30. The van der Waals surface area contributed by atoms with Crippen LogP contribution in [0, 0.1) is 11.8 Å². The summed E-state index contributed by atoms with van der Waals surface area (Å²) in [5.41, 5.74) is 7.64. The van der Waals surface area contributed by atoms with Crippen LogP contribution in [-0.2, 0) is 6.42 Å². The highest BCUT2D eigenvalue weighted by Gasteiger charge is 1.87. The third kappa shape index (κ3) is 2.41. The first-order valence-electron chi connectivity index (χ1n) is 4.14. The standard InChI is InChI=1S/C11H13N/c1-2-10-5-7-11(8-6-10)4-3-9-12/h5-8H,2,9,12H2,1H3. The lowest BCUT2D eigenvalue weighted by atomic mass is 10.1. The summed E-state index contributed by atoms with van der Waals surface area (Å²) in [5.74, 6) is 5.80. The van der Waals surface area contributed by atoms with E-state index in [9.17, 15) is 0 Å². The van der Waals surface area contributed by atoms with Gasteiger partial charge in [-0.25, -0.2) is 0 Å². The average Bonchev–Trinajstić information content (AvgIpc) is 2.15. The molecule has 0 saturated carbocycles. The van der Waals surface area contributed by atoms with Gasteiger partial charge >= 0.3 is 0 Å². The minimum Gasteiger partial charge on any atom is -0.320 e. The highest BCUT2D eigenvalue weighted by atomic mass is 14.5. The van der Waals surface area contributed by atoms with Crippen LogP contribution in [0.1, 0.15) is 18.1 Å². The molecule has 0 bridgehead atoms. The fraction of sp³-hybridized carbons (Fsp3) is 0.273. The Labute approximate surface area is 73.6 Å². The Hall–Kier alpha value is -1.26. The summed E-state index contributed by atoms with van der Waals surface area (Å²) in [7, 11) is 0. The van der Waals surface area contributed by atoms with E-state index in [0.717, 1.165) is 12.0 Å². The monoisotopic (exact) mass is 159 g/mol. The summed E-state index contributed by atoms with van der Waals surface area (Å²) in [6, 6.07) is 8.25. The molecular formula is C11H13N. The van der Waals surface area contributed by atoms with Crippen molar-refractivity contribution in [2.75, 3.05) is 6.54 Å². The van der Waals surface area contributed by atoms with E-state index in [0.29, 0.717) is 6.54 Å². The Morgan fingerprint density at radius 2 is 1.92 bits per heavy atom. The fourth-order valence-corrected chi connectivity index (χ4v) is 0.977. The Balaban J connectivity index is 2.78. The number of hydrogen-bond acceptors (Lipinski definition) is 1. The molecule has 1 nitrogen and oxygen atoms in total. The summed E-state index contributed by atoms with van der Waals surface area (Å²) in [5, 5.41) is 0. The zero-order chi connectivity index (χ0) is 8.81. The highest BCUT2D eigenvalue weighted by Crippen LogP contribution is 2.03. The van der Waals surface area contributed by atoms with Crippen LogP contribution in [0.15, 0.2) is 24.3 Å². The van der Waals surface area contributed by atoms with Gasteiger partial charge in [-0.2, -0.15) is 0 Å². The van der Waals surface area contributed by atoms with Gasteiger partial charge in [-0.3, -0.25) is 0 Å². The molecule has 62 valence electrons. The van der Waals surface area contributed by atoms with E-state index in [1.54, 1.807) is 0 Å². The van der Waals surface area contributed by atoms with Crippen LogP contribution < -0.4 is 5.73 Å². The van der Waals surface area contributed by atoms with Crippen molar-refractivity contribution in [3.8, 4) is 11.8 Å². The predicted molar refractivity (Wildman–Crippen MR) is 51.8 cm³/mol. The first-order chi connectivity index (χ1) is 5.86. The maximum absolute atomic E-state index is 5.26. The average molecular weight is 159 g/mol. The SMILES string of the molecule is CCc1ccc(C#CCN)cc1. The van der Waals surface area contributed by atoms with E-state index in [4.69, 9.17) is 5.73 Å². The number of aryl methyl sites for hydroxylation is 1. The van der Waals surface area contributed by atoms with Gasteiger partial charge in [0.25, 0.3) is 0 Å². The molecule has 0 aromatic heterocycles. The van der Waals surface area contributed by atoms with Crippen LogP contribution in [0.4, 0.5) is 0 Å². The molecule has 0 amide bonds. The highest BCUT2D eigenvalue weighted by molar-refractivity contribution is 5.36. The second-order valence-electron chi connectivity index (χ2n) is 2.56. The third-order valence-electron chi connectivity index (χ3n) is 1.70. The molecule has 0 aliphatic carbocycles. The van der Waals surface area contributed by atoms with Crippen LogP contribution >= 0.6 is 0 Å². The molecule has 1 aromatic carbocycles. The Kier molecular flexibility index (Phi) is 3.37. The first-order valence-corrected chi connectivity index (χ1v) is 4.14. The molecule has 0 saturated heterocycles. The maximum atomic E-state index is 5.26. The van der Waals surface area contributed by atoms with Crippen LogP contribution in [0.5, 0.6) is 0 Å². The van der Waals surface area contributed by atoms with E-state index >= 15 is 0 Å². The van der Waals surface area contributed by atoms with Gasteiger partial charge in [0.1, 0.15) is 0 Å². The Bertz CT molecular complexity index is 287. The largest absolute Gasteiger partial charge is 0.320 e. The third-order valence-corrected chi connectivity index (χ3v) is 1.70. The lowest BCUT2D eigenvalue weighted by molar-refractivity contribution is 1.14. The van der Waals surface area contributed by atoms with Crippen molar-refractivity contribution in [2.45, 2.75) is 13.3 Å². The normalized spacial score (nSPS) is 8.83. The molecule has 0 spiro atoms. The van der Waals surface area contributed by atoms with Crippen LogP contribution in [0.2, 0.25) is 0 Å². The van der Waals surface area contributed by atoms with Crippen molar-refractivity contribution in [1.82, 2.24) is 0 Å².